The van der Waals surface area contributed by atoms with Gasteiger partial charge in [-0.1, -0.05) is 0 Å². The highest BCUT2D eigenvalue weighted by atomic mass is 79.9. The second-order valence-electron chi connectivity index (χ2n) is 4.86. The minimum absolute atomic E-state index is 0.0854. The first-order chi connectivity index (χ1) is 10.0. The van der Waals surface area contributed by atoms with Gasteiger partial charge in [-0.2, -0.15) is 0 Å². The van der Waals surface area contributed by atoms with Gasteiger partial charge in [0.2, 0.25) is 0 Å². The molecule has 1 aromatic carbocycles. The van der Waals surface area contributed by atoms with Crippen molar-refractivity contribution in [3.05, 3.63) is 46.3 Å². The van der Waals surface area contributed by atoms with E-state index in [1.165, 1.54) is 0 Å². The fraction of sp³-hybridized carbons (Fsp3) is 0.375. The summed E-state index contributed by atoms with van der Waals surface area (Å²) in [6, 6.07) is 9.82. The highest BCUT2D eigenvalue weighted by Crippen LogP contribution is 2.31. The summed E-state index contributed by atoms with van der Waals surface area (Å²) in [4.78, 5) is 0. The van der Waals surface area contributed by atoms with Gasteiger partial charge in [0, 0.05) is 11.6 Å². The zero-order chi connectivity index (χ0) is 15.4. The Kier molecular flexibility index (Phi) is 5.31. The van der Waals surface area contributed by atoms with Crippen LogP contribution >= 0.6 is 15.9 Å². The van der Waals surface area contributed by atoms with Crippen LogP contribution in [0.5, 0.6) is 11.5 Å². The molecule has 2 rings (SSSR count). The van der Waals surface area contributed by atoms with Crippen molar-refractivity contribution in [1.82, 2.24) is 5.32 Å². The molecular formula is C16H20BrNO3. The number of nitrogens with one attached hydrogen (secondary N) is 1. The lowest BCUT2D eigenvalue weighted by Crippen LogP contribution is -2.22. The van der Waals surface area contributed by atoms with Crippen LogP contribution in [0.4, 0.5) is 0 Å². The zero-order valence-electron chi connectivity index (χ0n) is 12.6. The maximum Gasteiger partial charge on any atom is 0.169 e. The van der Waals surface area contributed by atoms with Gasteiger partial charge in [-0.3, -0.25) is 0 Å². The molecule has 0 bridgehead atoms. The Hall–Kier alpha value is -1.46. The second-order valence-corrected chi connectivity index (χ2v) is 5.64. The van der Waals surface area contributed by atoms with E-state index >= 15 is 0 Å². The molecule has 1 N–H and O–H groups in total. The first-order valence-corrected chi connectivity index (χ1v) is 7.57. The summed E-state index contributed by atoms with van der Waals surface area (Å²) in [7, 11) is 3.33. The Bertz CT molecular complexity index is 597. The van der Waals surface area contributed by atoms with Crippen molar-refractivity contribution >= 4 is 15.9 Å². The average molecular weight is 354 g/mol. The molecule has 0 aliphatic heterocycles. The summed E-state index contributed by atoms with van der Waals surface area (Å²) in [5.41, 5.74) is 1.05. The Labute approximate surface area is 133 Å². The lowest BCUT2D eigenvalue weighted by atomic mass is 10.1. The van der Waals surface area contributed by atoms with Gasteiger partial charge >= 0.3 is 0 Å². The van der Waals surface area contributed by atoms with Gasteiger partial charge in [0.1, 0.15) is 17.3 Å². The van der Waals surface area contributed by atoms with Crippen LogP contribution in [-0.2, 0) is 0 Å². The molecule has 0 saturated heterocycles. The fourth-order valence-corrected chi connectivity index (χ4v) is 2.60. The molecule has 0 saturated carbocycles. The van der Waals surface area contributed by atoms with E-state index in [-0.39, 0.29) is 12.1 Å². The van der Waals surface area contributed by atoms with E-state index in [2.05, 4.69) is 35.1 Å². The van der Waals surface area contributed by atoms with Crippen LogP contribution in [0.1, 0.15) is 37.3 Å². The third kappa shape index (κ3) is 3.80. The highest BCUT2D eigenvalue weighted by molar-refractivity contribution is 9.10. The third-order valence-corrected chi connectivity index (χ3v) is 3.85. The van der Waals surface area contributed by atoms with Crippen molar-refractivity contribution in [3.63, 3.8) is 0 Å². The van der Waals surface area contributed by atoms with Crippen LogP contribution in [0.3, 0.4) is 0 Å². The highest BCUT2D eigenvalue weighted by Gasteiger charge is 2.17. The quantitative estimate of drug-likeness (QED) is 0.831. The van der Waals surface area contributed by atoms with Crippen LogP contribution in [0.2, 0.25) is 0 Å². The zero-order valence-corrected chi connectivity index (χ0v) is 14.2. The molecule has 2 aromatic rings. The fourth-order valence-electron chi connectivity index (χ4n) is 2.29. The molecule has 0 amide bonds. The summed E-state index contributed by atoms with van der Waals surface area (Å²) >= 11 is 3.32. The van der Waals surface area contributed by atoms with E-state index < -0.39 is 0 Å². The molecule has 0 spiro atoms. The maximum absolute atomic E-state index is 5.58. The number of rotatable bonds is 6. The predicted molar refractivity (Wildman–Crippen MR) is 85.9 cm³/mol. The van der Waals surface area contributed by atoms with E-state index in [9.17, 15) is 0 Å². The average Bonchev–Trinajstić information content (AvgIpc) is 2.93. The molecule has 0 aliphatic rings. The van der Waals surface area contributed by atoms with Gasteiger partial charge in [-0.25, -0.2) is 0 Å². The number of methoxy groups -OCH3 is 2. The topological polar surface area (TPSA) is 43.6 Å². The molecule has 5 heteroatoms. The number of hydrogen-bond donors (Lipinski definition) is 1. The summed E-state index contributed by atoms with van der Waals surface area (Å²) in [5.74, 6) is 2.53. The molecule has 4 nitrogen and oxygen atoms in total. The van der Waals surface area contributed by atoms with Gasteiger partial charge in [-0.05, 0) is 60.1 Å². The molecule has 1 aromatic heterocycles. The summed E-state index contributed by atoms with van der Waals surface area (Å²) < 4.78 is 17.0. The largest absolute Gasteiger partial charge is 0.497 e. The van der Waals surface area contributed by atoms with E-state index in [0.29, 0.717) is 0 Å². The third-order valence-electron chi connectivity index (χ3n) is 3.42. The Morgan fingerprint density at radius 3 is 2.38 bits per heavy atom. The molecule has 0 radical (unpaired) electrons. The van der Waals surface area contributed by atoms with Gasteiger partial charge in [0.05, 0.1) is 20.3 Å². The minimum Gasteiger partial charge on any atom is -0.497 e. The number of benzene rings is 1. The van der Waals surface area contributed by atoms with Crippen LogP contribution in [0.25, 0.3) is 0 Å². The van der Waals surface area contributed by atoms with Gasteiger partial charge in [0.25, 0.3) is 0 Å². The van der Waals surface area contributed by atoms with Crippen molar-refractivity contribution in [1.29, 1.82) is 0 Å². The molecule has 2 atom stereocenters. The van der Waals surface area contributed by atoms with Crippen molar-refractivity contribution in [2.45, 2.75) is 25.9 Å². The van der Waals surface area contributed by atoms with Crippen LogP contribution in [-0.4, -0.2) is 14.2 Å². The molecule has 114 valence electrons. The Balaban J connectivity index is 2.17. The number of ether oxygens (including phenoxy) is 2. The maximum atomic E-state index is 5.58. The molecule has 21 heavy (non-hydrogen) atoms. The molecule has 0 fully saturated rings. The van der Waals surface area contributed by atoms with E-state index in [0.717, 1.165) is 27.5 Å². The monoisotopic (exact) mass is 353 g/mol. The number of furan rings is 1. The predicted octanol–water partition coefficient (Wildman–Crippen LogP) is 4.47. The SMILES string of the molecule is COc1ccc(OC)c(C(C)NC(C)c2ccc(Br)o2)c1. The van der Waals surface area contributed by atoms with Crippen LogP contribution in [0, 0.1) is 0 Å². The Morgan fingerprint density at radius 1 is 1.05 bits per heavy atom. The molecular weight excluding hydrogens is 334 g/mol. The first-order valence-electron chi connectivity index (χ1n) is 6.78. The summed E-state index contributed by atoms with van der Waals surface area (Å²) in [6.45, 7) is 4.15. The lowest BCUT2D eigenvalue weighted by Gasteiger charge is -2.21. The summed E-state index contributed by atoms with van der Waals surface area (Å²) in [6.07, 6.45) is 0. The van der Waals surface area contributed by atoms with E-state index in [1.807, 2.05) is 30.3 Å². The summed E-state index contributed by atoms with van der Waals surface area (Å²) in [5, 5.41) is 3.50. The first kappa shape index (κ1) is 15.9. The number of halogens is 1. The van der Waals surface area contributed by atoms with Crippen LogP contribution in [0.15, 0.2) is 39.4 Å². The second kappa shape index (κ2) is 7.00. The van der Waals surface area contributed by atoms with Gasteiger partial charge in [0.15, 0.2) is 4.67 Å². The standard InChI is InChI=1S/C16H20BrNO3/c1-10(18-11(2)14-7-8-16(17)21-14)13-9-12(19-3)5-6-15(13)20-4/h5-11,18H,1-4H3. The molecule has 0 aliphatic carbocycles. The van der Waals surface area contributed by atoms with Crippen molar-refractivity contribution in [2.24, 2.45) is 0 Å². The van der Waals surface area contributed by atoms with E-state index in [4.69, 9.17) is 13.9 Å². The van der Waals surface area contributed by atoms with Gasteiger partial charge < -0.3 is 19.2 Å². The van der Waals surface area contributed by atoms with E-state index in [1.54, 1.807) is 14.2 Å². The smallest absolute Gasteiger partial charge is 0.169 e. The molecule has 2 unspecified atom stereocenters. The minimum atomic E-state index is 0.0854. The van der Waals surface area contributed by atoms with Crippen molar-refractivity contribution in [3.8, 4) is 11.5 Å². The molecule has 1 heterocycles. The van der Waals surface area contributed by atoms with Crippen molar-refractivity contribution < 1.29 is 13.9 Å². The van der Waals surface area contributed by atoms with Crippen LogP contribution < -0.4 is 14.8 Å². The van der Waals surface area contributed by atoms with Crippen molar-refractivity contribution in [2.75, 3.05) is 14.2 Å². The normalized spacial score (nSPS) is 13.8. The number of hydrogen-bond acceptors (Lipinski definition) is 4. The van der Waals surface area contributed by atoms with Gasteiger partial charge in [-0.15, -0.1) is 0 Å². The lowest BCUT2D eigenvalue weighted by molar-refractivity contribution is 0.371. The Morgan fingerprint density at radius 2 is 1.81 bits per heavy atom.